The van der Waals surface area contributed by atoms with Crippen LogP contribution in [0.1, 0.15) is 42.4 Å². The molecule has 1 spiro atoms. The van der Waals surface area contributed by atoms with E-state index in [2.05, 4.69) is 15.5 Å². The van der Waals surface area contributed by atoms with Crippen LogP contribution in [0, 0.1) is 0 Å². The van der Waals surface area contributed by atoms with Crippen LogP contribution >= 0.6 is 0 Å². The molecule has 7 nitrogen and oxygen atoms in total. The summed E-state index contributed by atoms with van der Waals surface area (Å²) in [5.41, 5.74) is 1.27. The molecule has 2 aliphatic heterocycles. The smallest absolute Gasteiger partial charge is 0.416 e. The fourth-order valence-electron chi connectivity index (χ4n) is 3.96. The standard InChI is InChI=1S/C17H16F3N3O2.C5H10O2/c1-21-15-12-8-25-16(4-5-16)7-11(12)14(22-23-15)10-3-2-9(6-13(10)24)17(18,19)20;6-5-2-1-3-7-4-5/h2-3,6,24H,4-5,7-8H2,1H3,(H,21,23);5-6H,1-4H2. The van der Waals surface area contributed by atoms with Crippen LogP contribution in [0.15, 0.2) is 18.2 Å². The summed E-state index contributed by atoms with van der Waals surface area (Å²) in [5.74, 6) is 0.125. The van der Waals surface area contributed by atoms with Crippen LogP contribution in [0.3, 0.4) is 0 Å². The van der Waals surface area contributed by atoms with Gasteiger partial charge in [-0.05, 0) is 49.4 Å². The van der Waals surface area contributed by atoms with E-state index in [0.717, 1.165) is 55.5 Å². The molecule has 32 heavy (non-hydrogen) atoms. The van der Waals surface area contributed by atoms with Crippen LogP contribution in [0.2, 0.25) is 0 Å². The highest BCUT2D eigenvalue weighted by atomic mass is 19.4. The van der Waals surface area contributed by atoms with Crippen LogP contribution in [-0.2, 0) is 28.7 Å². The van der Waals surface area contributed by atoms with E-state index in [1.54, 1.807) is 7.05 Å². The fourth-order valence-corrected chi connectivity index (χ4v) is 3.96. The van der Waals surface area contributed by atoms with E-state index in [-0.39, 0.29) is 17.3 Å². The lowest BCUT2D eigenvalue weighted by Crippen LogP contribution is -2.26. The van der Waals surface area contributed by atoms with Crippen LogP contribution in [-0.4, -0.2) is 52.4 Å². The lowest BCUT2D eigenvalue weighted by atomic mass is 9.93. The van der Waals surface area contributed by atoms with Gasteiger partial charge >= 0.3 is 6.18 Å². The number of nitrogens with zero attached hydrogens (tertiary/aromatic N) is 2. The number of anilines is 1. The first-order valence-corrected chi connectivity index (χ1v) is 10.6. The Bertz CT molecular complexity index is 974. The number of aromatic nitrogens is 2. The normalized spacial score (nSPS) is 21.3. The molecule has 1 saturated carbocycles. The van der Waals surface area contributed by atoms with E-state index in [4.69, 9.17) is 14.6 Å². The first kappa shape index (κ1) is 22.8. The summed E-state index contributed by atoms with van der Waals surface area (Å²) in [7, 11) is 1.72. The zero-order valence-electron chi connectivity index (χ0n) is 17.7. The molecule has 10 heteroatoms. The van der Waals surface area contributed by atoms with Gasteiger partial charge < -0.3 is 25.0 Å². The first-order valence-electron chi connectivity index (χ1n) is 10.6. The summed E-state index contributed by atoms with van der Waals surface area (Å²) in [4.78, 5) is 0. The predicted octanol–water partition coefficient (Wildman–Crippen LogP) is 3.67. The maximum atomic E-state index is 12.8. The highest BCUT2D eigenvalue weighted by Gasteiger charge is 2.48. The van der Waals surface area contributed by atoms with Gasteiger partial charge in [-0.25, -0.2) is 0 Å². The zero-order chi connectivity index (χ0) is 22.9. The highest BCUT2D eigenvalue weighted by molar-refractivity contribution is 5.73. The average Bonchev–Trinajstić information content (AvgIpc) is 3.52. The Kier molecular flexibility index (Phi) is 6.28. The van der Waals surface area contributed by atoms with Gasteiger partial charge in [-0.2, -0.15) is 13.2 Å². The molecule has 0 amide bonds. The van der Waals surface area contributed by atoms with Crippen molar-refractivity contribution < 1.29 is 32.9 Å². The van der Waals surface area contributed by atoms with E-state index >= 15 is 0 Å². The number of hydrogen-bond donors (Lipinski definition) is 3. The number of rotatable bonds is 2. The molecule has 3 N–H and O–H groups in total. The molecule has 3 aliphatic rings. The van der Waals surface area contributed by atoms with Crippen LogP contribution < -0.4 is 5.32 Å². The predicted molar refractivity (Wildman–Crippen MR) is 110 cm³/mol. The minimum atomic E-state index is -4.51. The first-order chi connectivity index (χ1) is 15.2. The van der Waals surface area contributed by atoms with Gasteiger partial charge in [-0.3, -0.25) is 0 Å². The Hall–Kier alpha value is -2.43. The van der Waals surface area contributed by atoms with Gasteiger partial charge in [-0.1, -0.05) is 0 Å². The molecule has 1 atom stereocenters. The second kappa shape index (κ2) is 8.84. The molecule has 5 rings (SSSR count). The summed E-state index contributed by atoms with van der Waals surface area (Å²) < 4.78 is 49.3. The number of halogens is 3. The number of nitrogens with one attached hydrogen (secondary N) is 1. The van der Waals surface area contributed by atoms with E-state index in [0.29, 0.717) is 31.1 Å². The number of fused-ring (bicyclic) bond motifs is 1. The number of hydrogen-bond acceptors (Lipinski definition) is 7. The molecular formula is C22H26F3N3O4. The molecular weight excluding hydrogens is 427 g/mol. The largest absolute Gasteiger partial charge is 0.507 e. The van der Waals surface area contributed by atoms with Crippen LogP contribution in [0.5, 0.6) is 5.75 Å². The van der Waals surface area contributed by atoms with Gasteiger partial charge in [0.05, 0.1) is 30.5 Å². The van der Waals surface area contributed by atoms with Crippen molar-refractivity contribution in [2.75, 3.05) is 25.6 Å². The Morgan fingerprint density at radius 1 is 1.19 bits per heavy atom. The van der Waals surface area contributed by atoms with Gasteiger partial charge in [0.25, 0.3) is 0 Å². The molecule has 2 aromatic rings. The van der Waals surface area contributed by atoms with Gasteiger partial charge in [-0.15, -0.1) is 10.2 Å². The van der Waals surface area contributed by atoms with E-state index < -0.39 is 17.5 Å². The van der Waals surface area contributed by atoms with E-state index in [1.165, 1.54) is 6.07 Å². The number of alkyl halides is 3. The SMILES string of the molecule is CNc1nnc(-c2ccc(C(F)(F)F)cc2O)c2c1COC1(CC1)C2.OC1CCCOC1. The molecule has 2 fully saturated rings. The van der Waals surface area contributed by atoms with E-state index in [9.17, 15) is 18.3 Å². The number of phenols is 1. The molecule has 1 aromatic carbocycles. The third-order valence-corrected chi connectivity index (χ3v) is 5.97. The second-order valence-electron chi connectivity index (χ2n) is 8.35. The zero-order valence-corrected chi connectivity index (χ0v) is 17.7. The average molecular weight is 453 g/mol. The van der Waals surface area contributed by atoms with Crippen molar-refractivity contribution in [3.63, 3.8) is 0 Å². The number of aliphatic hydroxyl groups excluding tert-OH is 1. The second-order valence-corrected chi connectivity index (χ2v) is 8.35. The number of ether oxygens (including phenoxy) is 2. The molecule has 1 aliphatic carbocycles. The van der Waals surface area contributed by atoms with Crippen molar-refractivity contribution in [1.82, 2.24) is 10.2 Å². The van der Waals surface area contributed by atoms with Crippen molar-refractivity contribution >= 4 is 5.82 Å². The lowest BCUT2D eigenvalue weighted by Gasteiger charge is -2.27. The summed E-state index contributed by atoms with van der Waals surface area (Å²) in [6.07, 6.45) is -0.259. The molecule has 0 bridgehead atoms. The lowest BCUT2D eigenvalue weighted by molar-refractivity contribution is -0.137. The Balaban J connectivity index is 0.000000300. The quantitative estimate of drug-likeness (QED) is 0.638. The molecule has 1 aromatic heterocycles. The molecule has 1 unspecified atom stereocenters. The molecule has 3 heterocycles. The van der Waals surface area contributed by atoms with Gasteiger partial charge in [0.1, 0.15) is 11.4 Å². The van der Waals surface area contributed by atoms with Crippen molar-refractivity contribution in [3.8, 4) is 17.0 Å². The summed E-state index contributed by atoms with van der Waals surface area (Å²) in [6, 6.07) is 2.92. The number of phenolic OH excluding ortho intramolecular Hbond substituents is 1. The van der Waals surface area contributed by atoms with Crippen molar-refractivity contribution in [1.29, 1.82) is 0 Å². The number of aromatic hydroxyl groups is 1. The van der Waals surface area contributed by atoms with Crippen molar-refractivity contribution in [2.24, 2.45) is 0 Å². The third-order valence-electron chi connectivity index (χ3n) is 5.97. The Morgan fingerprint density at radius 3 is 2.50 bits per heavy atom. The number of aliphatic hydroxyl groups is 1. The maximum Gasteiger partial charge on any atom is 0.416 e. The van der Waals surface area contributed by atoms with Crippen molar-refractivity contribution in [2.45, 2.75) is 56.6 Å². The Morgan fingerprint density at radius 2 is 1.97 bits per heavy atom. The summed E-state index contributed by atoms with van der Waals surface area (Å²) in [6.45, 7) is 1.74. The maximum absolute atomic E-state index is 12.8. The Labute approximate surface area is 183 Å². The topological polar surface area (TPSA) is 96.7 Å². The van der Waals surface area contributed by atoms with Gasteiger partial charge in [0.15, 0.2) is 5.82 Å². The van der Waals surface area contributed by atoms with E-state index in [1.807, 2.05) is 0 Å². The van der Waals surface area contributed by atoms with Crippen LogP contribution in [0.25, 0.3) is 11.3 Å². The van der Waals surface area contributed by atoms with Gasteiger partial charge in [0, 0.05) is 31.2 Å². The molecule has 1 saturated heterocycles. The summed E-state index contributed by atoms with van der Waals surface area (Å²) >= 11 is 0. The monoisotopic (exact) mass is 453 g/mol. The molecule has 0 radical (unpaired) electrons. The van der Waals surface area contributed by atoms with Crippen LogP contribution in [0.4, 0.5) is 19.0 Å². The summed E-state index contributed by atoms with van der Waals surface area (Å²) in [5, 5.41) is 30.2. The minimum absolute atomic E-state index is 0.186. The minimum Gasteiger partial charge on any atom is -0.507 e. The fraction of sp³-hybridized carbons (Fsp3) is 0.545. The van der Waals surface area contributed by atoms with Crippen molar-refractivity contribution in [3.05, 3.63) is 34.9 Å². The number of benzene rings is 1. The highest BCUT2D eigenvalue weighted by Crippen LogP contribution is 2.49. The van der Waals surface area contributed by atoms with Gasteiger partial charge in [0.2, 0.25) is 0 Å². The third kappa shape index (κ3) is 4.82. The molecule has 174 valence electrons.